The summed E-state index contributed by atoms with van der Waals surface area (Å²) < 4.78 is 2.23. The Bertz CT molecular complexity index is 322. The summed E-state index contributed by atoms with van der Waals surface area (Å²) in [5.74, 6) is 1.91. The highest BCUT2D eigenvalue weighted by atomic mass is 15.0. The fourth-order valence-electron chi connectivity index (χ4n) is 1.81. The maximum atomic E-state index is 4.41. The molecule has 0 aliphatic rings. The second-order valence-electron chi connectivity index (χ2n) is 5.90. The van der Waals surface area contributed by atoms with Gasteiger partial charge in [-0.3, -0.25) is 0 Å². The van der Waals surface area contributed by atoms with Crippen LogP contribution in [0.1, 0.15) is 46.9 Å². The summed E-state index contributed by atoms with van der Waals surface area (Å²) in [5.41, 5.74) is 0.218. The van der Waals surface area contributed by atoms with E-state index in [9.17, 15) is 0 Å². The van der Waals surface area contributed by atoms with Gasteiger partial charge in [-0.25, -0.2) is 4.98 Å². The van der Waals surface area contributed by atoms with Gasteiger partial charge < -0.3 is 9.88 Å². The first-order valence-electron chi connectivity index (χ1n) is 6.67. The molecule has 1 N–H and O–H groups in total. The van der Waals surface area contributed by atoms with E-state index in [4.69, 9.17) is 0 Å². The molecular weight excluding hydrogens is 210 g/mol. The van der Waals surface area contributed by atoms with Crippen molar-refractivity contribution in [3.63, 3.8) is 0 Å². The molecule has 1 aromatic heterocycles. The van der Waals surface area contributed by atoms with Gasteiger partial charge in [-0.2, -0.15) is 0 Å². The van der Waals surface area contributed by atoms with Crippen molar-refractivity contribution in [3.05, 3.63) is 18.2 Å². The highest BCUT2D eigenvalue weighted by Crippen LogP contribution is 2.09. The predicted octanol–water partition coefficient (Wildman–Crippen LogP) is 2.86. The second kappa shape index (κ2) is 6.20. The maximum absolute atomic E-state index is 4.41. The molecule has 1 rings (SSSR count). The van der Waals surface area contributed by atoms with Gasteiger partial charge in [0.05, 0.1) is 0 Å². The predicted molar refractivity (Wildman–Crippen MR) is 73.1 cm³/mol. The lowest BCUT2D eigenvalue weighted by molar-refractivity contribution is 0.370. The van der Waals surface area contributed by atoms with E-state index in [-0.39, 0.29) is 5.54 Å². The topological polar surface area (TPSA) is 29.9 Å². The van der Waals surface area contributed by atoms with Gasteiger partial charge in [-0.1, -0.05) is 6.92 Å². The van der Waals surface area contributed by atoms with E-state index < -0.39 is 0 Å². The molecule has 0 aliphatic carbocycles. The lowest BCUT2D eigenvalue weighted by Crippen LogP contribution is -2.38. The van der Waals surface area contributed by atoms with E-state index in [1.54, 1.807) is 0 Å². The average molecular weight is 237 g/mol. The molecule has 1 heterocycles. The van der Waals surface area contributed by atoms with Crippen molar-refractivity contribution in [1.82, 2.24) is 14.9 Å². The van der Waals surface area contributed by atoms with Crippen LogP contribution in [0.3, 0.4) is 0 Å². The molecule has 0 amide bonds. The molecule has 1 unspecified atom stereocenters. The van der Waals surface area contributed by atoms with E-state index in [0.29, 0.717) is 5.92 Å². The van der Waals surface area contributed by atoms with Gasteiger partial charge in [0.15, 0.2) is 0 Å². The zero-order valence-electron chi connectivity index (χ0n) is 12.0. The molecule has 0 radical (unpaired) electrons. The number of rotatable bonds is 6. The van der Waals surface area contributed by atoms with Gasteiger partial charge in [0, 0.05) is 30.9 Å². The summed E-state index contributed by atoms with van der Waals surface area (Å²) in [6, 6.07) is 0. The summed E-state index contributed by atoms with van der Waals surface area (Å²) in [5, 5.41) is 3.55. The number of nitrogens with one attached hydrogen (secondary N) is 1. The molecule has 0 bridgehead atoms. The molecule has 0 fully saturated rings. The Morgan fingerprint density at radius 2 is 2.12 bits per heavy atom. The van der Waals surface area contributed by atoms with E-state index in [1.165, 1.54) is 12.2 Å². The van der Waals surface area contributed by atoms with Crippen LogP contribution in [-0.4, -0.2) is 21.6 Å². The van der Waals surface area contributed by atoms with E-state index >= 15 is 0 Å². The van der Waals surface area contributed by atoms with Crippen LogP contribution in [0.4, 0.5) is 0 Å². The summed E-state index contributed by atoms with van der Waals surface area (Å²) in [6.45, 7) is 13.2. The lowest BCUT2D eigenvalue weighted by Gasteiger charge is -2.23. The van der Waals surface area contributed by atoms with Crippen molar-refractivity contribution in [2.24, 2.45) is 5.92 Å². The minimum atomic E-state index is 0.218. The molecule has 17 heavy (non-hydrogen) atoms. The van der Waals surface area contributed by atoms with Crippen LogP contribution in [0.2, 0.25) is 0 Å². The molecule has 3 nitrogen and oxygen atoms in total. The average Bonchev–Trinajstić information content (AvgIpc) is 2.69. The van der Waals surface area contributed by atoms with Crippen LogP contribution in [0.25, 0.3) is 0 Å². The van der Waals surface area contributed by atoms with Crippen LogP contribution in [0.5, 0.6) is 0 Å². The van der Waals surface area contributed by atoms with Gasteiger partial charge >= 0.3 is 0 Å². The number of hydrogen-bond donors (Lipinski definition) is 1. The number of aryl methyl sites for hydroxylation is 2. The Morgan fingerprint density at radius 3 is 2.71 bits per heavy atom. The molecule has 0 saturated heterocycles. The second-order valence-corrected chi connectivity index (χ2v) is 5.90. The van der Waals surface area contributed by atoms with Gasteiger partial charge in [0.2, 0.25) is 0 Å². The minimum Gasteiger partial charge on any atom is -0.335 e. The van der Waals surface area contributed by atoms with E-state index in [2.05, 4.69) is 55.7 Å². The number of aromatic nitrogens is 2. The van der Waals surface area contributed by atoms with Crippen LogP contribution in [0.15, 0.2) is 12.4 Å². The third-order valence-corrected chi connectivity index (χ3v) is 2.98. The summed E-state index contributed by atoms with van der Waals surface area (Å²) in [7, 11) is 0. The van der Waals surface area contributed by atoms with Crippen molar-refractivity contribution in [2.45, 2.75) is 59.5 Å². The zero-order chi connectivity index (χ0) is 12.9. The van der Waals surface area contributed by atoms with Crippen molar-refractivity contribution in [1.29, 1.82) is 0 Å². The van der Waals surface area contributed by atoms with E-state index in [0.717, 1.165) is 19.5 Å². The SMILES string of the molecule is CCn1ccnc1CCC(C)CNC(C)(C)C. The van der Waals surface area contributed by atoms with Crippen LogP contribution in [-0.2, 0) is 13.0 Å². The number of imidazole rings is 1. The maximum Gasteiger partial charge on any atom is 0.108 e. The Labute approximate surface area is 106 Å². The highest BCUT2D eigenvalue weighted by molar-refractivity contribution is 4.92. The molecule has 0 aliphatic heterocycles. The van der Waals surface area contributed by atoms with Crippen molar-refractivity contribution < 1.29 is 0 Å². The smallest absolute Gasteiger partial charge is 0.108 e. The highest BCUT2D eigenvalue weighted by Gasteiger charge is 2.11. The Morgan fingerprint density at radius 1 is 1.41 bits per heavy atom. The van der Waals surface area contributed by atoms with Crippen molar-refractivity contribution in [2.75, 3.05) is 6.54 Å². The van der Waals surface area contributed by atoms with Crippen LogP contribution in [0, 0.1) is 5.92 Å². The first-order chi connectivity index (χ1) is 7.92. The molecule has 98 valence electrons. The van der Waals surface area contributed by atoms with Gasteiger partial charge in [0.25, 0.3) is 0 Å². The van der Waals surface area contributed by atoms with Crippen molar-refractivity contribution >= 4 is 0 Å². The third-order valence-electron chi connectivity index (χ3n) is 2.98. The molecule has 3 heteroatoms. The van der Waals surface area contributed by atoms with E-state index in [1.807, 2.05) is 6.20 Å². The molecule has 0 aromatic carbocycles. The monoisotopic (exact) mass is 237 g/mol. The Kier molecular flexibility index (Phi) is 5.19. The number of hydrogen-bond acceptors (Lipinski definition) is 2. The molecular formula is C14H27N3. The largest absolute Gasteiger partial charge is 0.335 e. The van der Waals surface area contributed by atoms with Crippen LogP contribution >= 0.6 is 0 Å². The summed E-state index contributed by atoms with van der Waals surface area (Å²) in [6.07, 6.45) is 6.23. The molecule has 1 atom stereocenters. The Balaban J connectivity index is 2.31. The van der Waals surface area contributed by atoms with Gasteiger partial charge in [-0.05, 0) is 46.6 Å². The standard InChI is InChI=1S/C14H27N3/c1-6-17-10-9-15-13(17)8-7-12(2)11-16-14(3,4)5/h9-10,12,16H,6-8,11H2,1-5H3. The summed E-state index contributed by atoms with van der Waals surface area (Å²) >= 11 is 0. The fourth-order valence-corrected chi connectivity index (χ4v) is 1.81. The quantitative estimate of drug-likeness (QED) is 0.824. The zero-order valence-corrected chi connectivity index (χ0v) is 12.0. The van der Waals surface area contributed by atoms with Crippen LogP contribution < -0.4 is 5.32 Å². The summed E-state index contributed by atoms with van der Waals surface area (Å²) in [4.78, 5) is 4.41. The molecule has 0 saturated carbocycles. The van der Waals surface area contributed by atoms with Gasteiger partial charge in [0.1, 0.15) is 5.82 Å². The van der Waals surface area contributed by atoms with Gasteiger partial charge in [-0.15, -0.1) is 0 Å². The lowest BCUT2D eigenvalue weighted by atomic mass is 10.0. The fraction of sp³-hybridized carbons (Fsp3) is 0.786. The number of nitrogens with zero attached hydrogens (tertiary/aromatic N) is 2. The third kappa shape index (κ3) is 5.35. The first-order valence-corrected chi connectivity index (χ1v) is 6.67. The molecule has 1 aromatic rings. The molecule has 0 spiro atoms. The normalized spacial score (nSPS) is 13.9. The van der Waals surface area contributed by atoms with Crippen molar-refractivity contribution in [3.8, 4) is 0 Å². The minimum absolute atomic E-state index is 0.218. The Hall–Kier alpha value is -0.830. The first kappa shape index (κ1) is 14.2.